The molecule has 0 aliphatic carbocycles. The molecule has 37 heteroatoms. The highest BCUT2D eigenvalue weighted by molar-refractivity contribution is 7.21. The number of aryl methyl sites for hydroxylation is 3. The van der Waals surface area contributed by atoms with Crippen molar-refractivity contribution >= 4 is 118 Å². The maximum atomic E-state index is 13.7. The molecule has 3 unspecified atom stereocenters. The van der Waals surface area contributed by atoms with E-state index >= 15 is 0 Å². The Hall–Kier alpha value is -11.3. The minimum atomic E-state index is -1.39. The monoisotopic (exact) mass is 1640 g/mol. The fraction of sp³-hybridized carbons (Fsp3) is 0.416. The minimum absolute atomic E-state index is 0.0222. The van der Waals surface area contributed by atoms with Crippen molar-refractivity contribution in [3.8, 4) is 0 Å². The van der Waals surface area contributed by atoms with Crippen LogP contribution in [-0.4, -0.2) is 169 Å². The van der Waals surface area contributed by atoms with Crippen LogP contribution in [0.3, 0.4) is 0 Å². The number of carbonyl (C=O) groups is 9. The molecule has 0 saturated heterocycles. The summed E-state index contributed by atoms with van der Waals surface area (Å²) in [7, 11) is 4.03. The van der Waals surface area contributed by atoms with Gasteiger partial charge in [-0.2, -0.15) is 0 Å². The first-order valence-corrected chi connectivity index (χ1v) is 37.6. The van der Waals surface area contributed by atoms with Crippen molar-refractivity contribution in [2.45, 2.75) is 152 Å². The van der Waals surface area contributed by atoms with Gasteiger partial charge in [-0.25, -0.2) is 56.9 Å². The Labute approximate surface area is 662 Å². The summed E-state index contributed by atoms with van der Waals surface area (Å²) < 4.78 is 56.8. The van der Waals surface area contributed by atoms with E-state index in [-0.39, 0.29) is 110 Å². The maximum Gasteiger partial charge on any atom is 0.348 e. The molecule has 114 heavy (non-hydrogen) atoms. The number of thiophene rings is 3. The summed E-state index contributed by atoms with van der Waals surface area (Å²) in [5.41, 5.74) is -3.77. The van der Waals surface area contributed by atoms with E-state index in [2.05, 4.69) is 4.74 Å². The van der Waals surface area contributed by atoms with Gasteiger partial charge in [0.1, 0.15) is 92.0 Å². The van der Waals surface area contributed by atoms with Crippen molar-refractivity contribution in [1.82, 2.24) is 27.4 Å². The second kappa shape index (κ2) is 41.4. The molecule has 0 bridgehead atoms. The number of aliphatic hydroxyl groups is 1. The predicted molar refractivity (Wildman–Crippen MR) is 418 cm³/mol. The van der Waals surface area contributed by atoms with Gasteiger partial charge in [-0.15, -0.1) is 34.0 Å². The molecule has 0 spiro atoms. The Balaban J connectivity index is 0.000000257. The number of methoxy groups -OCH3 is 3. The fourth-order valence-electron chi connectivity index (χ4n) is 11.2. The van der Waals surface area contributed by atoms with Gasteiger partial charge in [-0.3, -0.25) is 42.5 Å². The van der Waals surface area contributed by atoms with Crippen LogP contribution in [-0.2, 0) is 115 Å². The lowest BCUT2D eigenvalue weighted by atomic mass is 10.1. The van der Waals surface area contributed by atoms with E-state index in [4.69, 9.17) is 47.7 Å². The molecular formula is C77H90N6O28S3. The molecule has 9 aromatic rings. The van der Waals surface area contributed by atoms with Crippen molar-refractivity contribution in [2.75, 3.05) is 61.0 Å². The zero-order valence-electron chi connectivity index (χ0n) is 65.3. The summed E-state index contributed by atoms with van der Waals surface area (Å²) >= 11 is 2.76. The first-order chi connectivity index (χ1) is 53.8. The highest BCUT2D eigenvalue weighted by Gasteiger charge is 2.32. The smallest absolute Gasteiger partial charge is 0.348 e. The standard InChI is InChI=1S/C27H32N2O9S.C24H28N2O7S.C23H24N2O9S.C3H6O3/c1-7-36-25(33)22-16(2)21-23(32)28(14-19(30)38-27(3,4)5)26(34)29(24(21)39-22)13-18(37-20(31)15-35-6)17-11-9-8-10-12-17;1-6-32-22(30)19-14(2)18-20(29)25(13-17(28)33-24(3,4)5)23(31)26(21(18)34-19)12-16(27)15-10-8-7-9-11-15;1-4-33-22(30)19-13(2)18-20(29)24(11-16(26)27)23(31)25(21(18)35-19)10-15(34-17(28)12-32-3)14-8-6-5-7-9-14;1-6-2-3(4)5/h8-12,18H,7,13-15H2,1-6H3;7-11,16,27H,6,12-13H2,1-5H3;5-9,15H,4,10-12H2,1-3H3,(H,26,27);2H2,1H3,(H,4,5). The Kier molecular flexibility index (Phi) is 33.3. The van der Waals surface area contributed by atoms with Crippen molar-refractivity contribution in [2.24, 2.45) is 0 Å². The molecule has 0 amide bonds. The number of hydrogen-bond acceptors (Lipinski definition) is 29. The predicted octanol–water partition coefficient (Wildman–Crippen LogP) is 7.21. The quantitative estimate of drug-likeness (QED) is 0.0308. The molecule has 3 atom stereocenters. The number of ether oxygens (including phenoxy) is 10. The van der Waals surface area contributed by atoms with Crippen LogP contribution in [0.15, 0.2) is 120 Å². The normalized spacial score (nSPS) is 12.0. The van der Waals surface area contributed by atoms with Crippen molar-refractivity contribution < 1.29 is 106 Å². The number of carboxylic acids is 2. The number of esters is 7. The third-order valence-corrected chi connectivity index (χ3v) is 19.8. The lowest BCUT2D eigenvalue weighted by Gasteiger charge is -2.22. The fourth-order valence-corrected chi connectivity index (χ4v) is 14.8. The number of nitrogens with zero attached hydrogens (tertiary/aromatic N) is 6. The van der Waals surface area contributed by atoms with Crippen LogP contribution in [0.2, 0.25) is 0 Å². The van der Waals surface area contributed by atoms with Gasteiger partial charge in [0.15, 0.2) is 0 Å². The summed E-state index contributed by atoms with van der Waals surface area (Å²) in [6, 6.07) is 26.1. The molecule has 6 heterocycles. The van der Waals surface area contributed by atoms with Gasteiger partial charge in [-0.05, 0) is 116 Å². The first-order valence-electron chi connectivity index (χ1n) is 35.2. The molecule has 0 aliphatic heterocycles. The van der Waals surface area contributed by atoms with Crippen LogP contribution in [0.25, 0.3) is 30.6 Å². The molecule has 0 saturated carbocycles. The van der Waals surface area contributed by atoms with E-state index < -0.39 is 137 Å². The summed E-state index contributed by atoms with van der Waals surface area (Å²) in [5.74, 6) is -7.11. The van der Waals surface area contributed by atoms with Crippen LogP contribution in [0, 0.1) is 20.8 Å². The van der Waals surface area contributed by atoms with Gasteiger partial charge in [0.2, 0.25) is 0 Å². The molecule has 3 aromatic carbocycles. The highest BCUT2D eigenvalue weighted by Crippen LogP contribution is 2.34. The zero-order chi connectivity index (χ0) is 84.8. The summed E-state index contributed by atoms with van der Waals surface area (Å²) in [6.45, 7) is 16.5. The number of carbonyl (C=O) groups excluding carboxylic acids is 7. The van der Waals surface area contributed by atoms with Crippen molar-refractivity contribution in [1.29, 1.82) is 0 Å². The van der Waals surface area contributed by atoms with Crippen LogP contribution < -0.4 is 33.7 Å². The SMILES string of the molecule is CCOC(=O)c1sc2c(c1C)c(=O)n(CC(=O)O)c(=O)n2CC(OC(=O)COC)c1ccccc1.CCOC(=O)c1sc2c(c1C)c(=O)n(CC(=O)OC(C)(C)C)c(=O)n2CC(O)c1ccccc1.CCOC(=O)c1sc2c(c1C)c(=O)n(CC(=O)OC(C)(C)C)c(=O)n2CC(OC(=O)COC)c1ccccc1.COCC(=O)O. The topological polar surface area (TPSA) is 439 Å². The first kappa shape index (κ1) is 91.5. The number of aromatic nitrogens is 6. The summed E-state index contributed by atoms with van der Waals surface area (Å²) in [6.07, 6.45) is -2.98. The van der Waals surface area contributed by atoms with E-state index in [1.807, 2.05) is 0 Å². The number of rotatable bonds is 29. The molecule has 0 radical (unpaired) electrons. The number of hydrogen-bond donors (Lipinski definition) is 3. The largest absolute Gasteiger partial charge is 0.480 e. The van der Waals surface area contributed by atoms with Gasteiger partial charge in [0, 0.05) is 21.3 Å². The highest BCUT2D eigenvalue weighted by atomic mass is 32.1. The van der Waals surface area contributed by atoms with Gasteiger partial charge in [-0.1, -0.05) is 91.0 Å². The van der Waals surface area contributed by atoms with E-state index in [9.17, 15) is 82.1 Å². The van der Waals surface area contributed by atoms with E-state index in [1.54, 1.807) is 167 Å². The Morgan fingerprint density at radius 1 is 0.395 bits per heavy atom. The maximum absolute atomic E-state index is 13.7. The molecule has 0 aliphatic rings. The third kappa shape index (κ3) is 23.9. The van der Waals surface area contributed by atoms with Crippen LogP contribution in [0.1, 0.15) is 143 Å². The van der Waals surface area contributed by atoms with Crippen molar-refractivity contribution in [3.63, 3.8) is 0 Å². The van der Waals surface area contributed by atoms with Crippen molar-refractivity contribution in [3.05, 3.63) is 202 Å². The Morgan fingerprint density at radius 3 is 0.947 bits per heavy atom. The van der Waals surface area contributed by atoms with Crippen LogP contribution in [0.4, 0.5) is 0 Å². The van der Waals surface area contributed by atoms with Crippen LogP contribution in [0.5, 0.6) is 0 Å². The number of carboxylic acid groups (broad SMARTS) is 2. The lowest BCUT2D eigenvalue weighted by Crippen LogP contribution is -2.43. The second-order valence-electron chi connectivity index (χ2n) is 26.7. The number of aliphatic hydroxyl groups excluding tert-OH is 1. The van der Waals surface area contributed by atoms with E-state index in [0.29, 0.717) is 32.4 Å². The molecule has 6 aromatic heterocycles. The van der Waals surface area contributed by atoms with Gasteiger partial charge < -0.3 is 62.7 Å². The molecule has 614 valence electrons. The van der Waals surface area contributed by atoms with Crippen LogP contribution >= 0.6 is 34.0 Å². The lowest BCUT2D eigenvalue weighted by molar-refractivity contribution is -0.156. The average Bonchev–Trinajstić information content (AvgIpc) is 1.59. The molecule has 0 fully saturated rings. The second-order valence-corrected chi connectivity index (χ2v) is 29.7. The molecule has 9 rings (SSSR count). The third-order valence-electron chi connectivity index (χ3n) is 15.9. The molecule has 34 nitrogen and oxygen atoms in total. The molecule has 3 N–H and O–H groups in total. The summed E-state index contributed by atoms with van der Waals surface area (Å²) in [4.78, 5) is 190. The van der Waals surface area contributed by atoms with Gasteiger partial charge in [0.25, 0.3) is 16.7 Å². The number of aliphatic carboxylic acids is 2. The summed E-state index contributed by atoms with van der Waals surface area (Å²) in [5, 5.41) is 28.1. The minimum Gasteiger partial charge on any atom is -0.480 e. The Bertz CT molecular complexity index is 5360. The Morgan fingerprint density at radius 2 is 0.684 bits per heavy atom. The van der Waals surface area contributed by atoms with E-state index in [0.717, 1.165) is 47.7 Å². The number of benzene rings is 3. The molecular weight excluding hydrogens is 1550 g/mol. The average molecular weight is 1640 g/mol. The van der Waals surface area contributed by atoms with E-state index in [1.165, 1.54) is 37.4 Å². The number of fused-ring (bicyclic) bond motifs is 3. The van der Waals surface area contributed by atoms with Gasteiger partial charge in [0.05, 0.1) is 61.7 Å². The van der Waals surface area contributed by atoms with Gasteiger partial charge >= 0.3 is 70.8 Å². The zero-order valence-corrected chi connectivity index (χ0v) is 67.8.